The first-order chi connectivity index (χ1) is 7.70. The van der Waals surface area contributed by atoms with Crippen LogP contribution in [0.5, 0.6) is 5.75 Å². The molecular weight excluding hydrogens is 274 g/mol. The van der Waals surface area contributed by atoms with Crippen LogP contribution >= 0.6 is 15.9 Å². The maximum atomic E-state index is 11.9. The van der Waals surface area contributed by atoms with Gasteiger partial charge in [0.05, 0.1) is 31.9 Å². The summed E-state index contributed by atoms with van der Waals surface area (Å²) in [5.41, 5.74) is 0.539. The second-order valence-corrected chi connectivity index (χ2v) is 4.47. The largest absolute Gasteiger partial charge is 0.496 e. The second-order valence-electron chi connectivity index (χ2n) is 3.55. The molecule has 0 spiro atoms. The Balaban J connectivity index is 2.14. The summed E-state index contributed by atoms with van der Waals surface area (Å²) in [6.45, 7) is 1.18. The van der Waals surface area contributed by atoms with Gasteiger partial charge >= 0.3 is 0 Å². The zero-order valence-electron chi connectivity index (χ0n) is 8.83. The Morgan fingerprint density at radius 2 is 2.31 bits per heavy atom. The average molecular weight is 286 g/mol. The van der Waals surface area contributed by atoms with E-state index in [1.54, 1.807) is 19.2 Å². The number of carbonyl (C=O) groups excluding carboxylic acids is 1. The molecule has 1 fully saturated rings. The molecule has 0 aliphatic carbocycles. The van der Waals surface area contributed by atoms with Gasteiger partial charge in [-0.2, -0.15) is 0 Å². The smallest absolute Gasteiger partial charge is 0.255 e. The van der Waals surface area contributed by atoms with Crippen LogP contribution in [0.1, 0.15) is 10.4 Å². The van der Waals surface area contributed by atoms with Crippen LogP contribution in [-0.4, -0.2) is 32.3 Å². The highest BCUT2D eigenvalue weighted by atomic mass is 79.9. The third-order valence-electron chi connectivity index (χ3n) is 2.38. The van der Waals surface area contributed by atoms with E-state index in [2.05, 4.69) is 21.2 Å². The number of nitrogens with one attached hydrogen (secondary N) is 1. The molecule has 1 N–H and O–H groups in total. The molecule has 0 radical (unpaired) electrons. The van der Waals surface area contributed by atoms with Crippen LogP contribution < -0.4 is 10.1 Å². The highest BCUT2D eigenvalue weighted by Gasteiger charge is 2.22. The molecule has 1 heterocycles. The van der Waals surface area contributed by atoms with Gasteiger partial charge in [-0.15, -0.1) is 0 Å². The van der Waals surface area contributed by atoms with Crippen molar-refractivity contribution in [3.63, 3.8) is 0 Å². The second kappa shape index (κ2) is 4.84. The molecule has 1 aliphatic heterocycles. The van der Waals surface area contributed by atoms with E-state index >= 15 is 0 Å². The molecule has 2 rings (SSSR count). The Labute approximate surface area is 102 Å². The lowest BCUT2D eigenvalue weighted by Gasteiger charge is -2.27. The first-order valence-corrected chi connectivity index (χ1v) is 5.72. The third-order valence-corrected chi connectivity index (χ3v) is 2.87. The quantitative estimate of drug-likeness (QED) is 0.918. The monoisotopic (exact) mass is 285 g/mol. The Morgan fingerprint density at radius 3 is 2.88 bits per heavy atom. The van der Waals surface area contributed by atoms with Gasteiger partial charge in [-0.25, -0.2) is 0 Å². The van der Waals surface area contributed by atoms with Crippen molar-refractivity contribution in [1.82, 2.24) is 5.32 Å². The zero-order valence-corrected chi connectivity index (χ0v) is 10.4. The molecule has 0 unspecified atom stereocenters. The average Bonchev–Trinajstić information content (AvgIpc) is 2.23. The molecule has 5 heteroatoms. The highest BCUT2D eigenvalue weighted by Crippen LogP contribution is 2.23. The van der Waals surface area contributed by atoms with Crippen molar-refractivity contribution in [2.45, 2.75) is 6.04 Å². The van der Waals surface area contributed by atoms with Crippen LogP contribution in [0.15, 0.2) is 22.7 Å². The molecule has 0 aromatic heterocycles. The lowest BCUT2D eigenvalue weighted by molar-refractivity contribution is -0.00350. The summed E-state index contributed by atoms with van der Waals surface area (Å²) < 4.78 is 11.0. The van der Waals surface area contributed by atoms with Crippen LogP contribution in [0.4, 0.5) is 0 Å². The molecule has 1 aromatic carbocycles. The van der Waals surface area contributed by atoms with E-state index in [1.165, 1.54) is 0 Å². The minimum Gasteiger partial charge on any atom is -0.496 e. The molecule has 16 heavy (non-hydrogen) atoms. The minimum absolute atomic E-state index is 0.126. The van der Waals surface area contributed by atoms with Gasteiger partial charge in [-0.05, 0) is 18.2 Å². The predicted molar refractivity (Wildman–Crippen MR) is 62.8 cm³/mol. The normalized spacial score (nSPS) is 15.4. The van der Waals surface area contributed by atoms with Crippen LogP contribution in [0.25, 0.3) is 0 Å². The summed E-state index contributed by atoms with van der Waals surface area (Å²) in [6, 6.07) is 5.44. The van der Waals surface area contributed by atoms with Gasteiger partial charge in [0.1, 0.15) is 5.75 Å². The Kier molecular flexibility index (Phi) is 3.46. The van der Waals surface area contributed by atoms with E-state index in [0.29, 0.717) is 24.5 Å². The first kappa shape index (κ1) is 11.4. The number of carbonyl (C=O) groups is 1. The van der Waals surface area contributed by atoms with Crippen molar-refractivity contribution in [2.75, 3.05) is 20.3 Å². The fourth-order valence-corrected chi connectivity index (χ4v) is 1.77. The number of amides is 1. The van der Waals surface area contributed by atoms with Crippen molar-refractivity contribution in [1.29, 1.82) is 0 Å². The summed E-state index contributed by atoms with van der Waals surface area (Å²) in [4.78, 5) is 11.9. The highest BCUT2D eigenvalue weighted by molar-refractivity contribution is 9.10. The number of methoxy groups -OCH3 is 1. The molecule has 1 aliphatic rings. The number of benzene rings is 1. The van der Waals surface area contributed by atoms with Crippen LogP contribution in [-0.2, 0) is 4.74 Å². The minimum atomic E-state index is -0.127. The number of halogens is 1. The lowest BCUT2D eigenvalue weighted by atomic mass is 10.1. The van der Waals surface area contributed by atoms with Crippen LogP contribution in [0.3, 0.4) is 0 Å². The molecule has 1 saturated heterocycles. The Hall–Kier alpha value is -1.07. The van der Waals surface area contributed by atoms with Gasteiger partial charge in [0.25, 0.3) is 5.91 Å². The number of hydrogen-bond donors (Lipinski definition) is 1. The van der Waals surface area contributed by atoms with Crippen molar-refractivity contribution in [3.8, 4) is 5.75 Å². The topological polar surface area (TPSA) is 47.6 Å². The van der Waals surface area contributed by atoms with Gasteiger partial charge < -0.3 is 14.8 Å². The van der Waals surface area contributed by atoms with E-state index in [9.17, 15) is 4.79 Å². The summed E-state index contributed by atoms with van der Waals surface area (Å²) in [5.74, 6) is 0.435. The number of ether oxygens (including phenoxy) is 2. The molecule has 86 valence electrons. The number of hydrogen-bond acceptors (Lipinski definition) is 3. The molecular formula is C11H12BrNO3. The third kappa shape index (κ3) is 2.36. The summed E-state index contributed by atoms with van der Waals surface area (Å²) in [5, 5.41) is 2.87. The molecule has 0 bridgehead atoms. The van der Waals surface area contributed by atoms with Gasteiger partial charge in [0.15, 0.2) is 0 Å². The fraction of sp³-hybridized carbons (Fsp3) is 0.364. The van der Waals surface area contributed by atoms with Gasteiger partial charge in [-0.1, -0.05) is 15.9 Å². The van der Waals surface area contributed by atoms with Crippen molar-refractivity contribution >= 4 is 21.8 Å². The lowest BCUT2D eigenvalue weighted by Crippen LogP contribution is -2.48. The van der Waals surface area contributed by atoms with Crippen LogP contribution in [0.2, 0.25) is 0 Å². The van der Waals surface area contributed by atoms with Gasteiger partial charge in [0, 0.05) is 4.47 Å². The van der Waals surface area contributed by atoms with E-state index in [-0.39, 0.29) is 11.9 Å². The van der Waals surface area contributed by atoms with Gasteiger partial charge in [-0.3, -0.25) is 4.79 Å². The standard InChI is InChI=1S/C11H12BrNO3/c1-15-10-4-7(12)2-3-9(10)11(14)13-8-5-16-6-8/h2-4,8H,5-6H2,1H3,(H,13,14). The molecule has 1 aromatic rings. The Morgan fingerprint density at radius 1 is 1.56 bits per heavy atom. The Bertz CT molecular complexity index is 404. The molecule has 1 amide bonds. The SMILES string of the molecule is COc1cc(Br)ccc1C(=O)NC1COC1. The van der Waals surface area contributed by atoms with Crippen LogP contribution in [0, 0.1) is 0 Å². The maximum Gasteiger partial charge on any atom is 0.255 e. The fourth-order valence-electron chi connectivity index (χ4n) is 1.43. The number of rotatable bonds is 3. The predicted octanol–water partition coefficient (Wildman–Crippen LogP) is 1.59. The maximum absolute atomic E-state index is 11.9. The van der Waals surface area contributed by atoms with Crippen molar-refractivity contribution < 1.29 is 14.3 Å². The van der Waals surface area contributed by atoms with Crippen molar-refractivity contribution in [2.24, 2.45) is 0 Å². The molecule has 4 nitrogen and oxygen atoms in total. The van der Waals surface area contributed by atoms with E-state index in [1.807, 2.05) is 6.07 Å². The van der Waals surface area contributed by atoms with Crippen molar-refractivity contribution in [3.05, 3.63) is 28.2 Å². The molecule has 0 saturated carbocycles. The summed E-state index contributed by atoms with van der Waals surface area (Å²) in [6.07, 6.45) is 0. The molecule has 0 atom stereocenters. The van der Waals surface area contributed by atoms with E-state index in [4.69, 9.17) is 9.47 Å². The summed E-state index contributed by atoms with van der Waals surface area (Å²) in [7, 11) is 1.55. The van der Waals surface area contributed by atoms with Gasteiger partial charge in [0.2, 0.25) is 0 Å². The van der Waals surface area contributed by atoms with E-state index in [0.717, 1.165) is 4.47 Å². The summed E-state index contributed by atoms with van der Waals surface area (Å²) >= 11 is 3.33. The van der Waals surface area contributed by atoms with E-state index < -0.39 is 0 Å². The first-order valence-electron chi connectivity index (χ1n) is 4.93. The zero-order chi connectivity index (χ0) is 11.5.